The molecule has 1 aromatic heterocycles. The van der Waals surface area contributed by atoms with Crippen LogP contribution in [-0.2, 0) is 17.9 Å². The smallest absolute Gasteiger partial charge is 0.278 e. The van der Waals surface area contributed by atoms with E-state index in [0.717, 1.165) is 11.3 Å². The summed E-state index contributed by atoms with van der Waals surface area (Å²) in [7, 11) is 1.62. The lowest BCUT2D eigenvalue weighted by Gasteiger charge is -2.24. The molecule has 1 atom stereocenters. The monoisotopic (exact) mass is 382 g/mol. The summed E-state index contributed by atoms with van der Waals surface area (Å²) in [5.74, 6) is 0.0479. The average molecular weight is 382 g/mol. The predicted molar refractivity (Wildman–Crippen MR) is 99.6 cm³/mol. The van der Waals surface area contributed by atoms with E-state index in [0.29, 0.717) is 23.5 Å². The Morgan fingerprint density at radius 2 is 2.07 bits per heavy atom. The molecule has 0 bridgehead atoms. The van der Waals surface area contributed by atoms with Crippen LogP contribution in [0, 0.1) is 12.7 Å². The second kappa shape index (κ2) is 7.40. The Balaban J connectivity index is 1.49. The van der Waals surface area contributed by atoms with Crippen LogP contribution in [0.25, 0.3) is 0 Å². The number of methoxy groups -OCH3 is 1. The zero-order valence-electron chi connectivity index (χ0n) is 15.5. The molecular weight excluding hydrogens is 363 g/mol. The van der Waals surface area contributed by atoms with Gasteiger partial charge in [-0.05, 0) is 48.4 Å². The lowest BCUT2D eigenvalue weighted by Crippen LogP contribution is -2.24. The summed E-state index contributed by atoms with van der Waals surface area (Å²) in [5, 5.41) is 10.8. The second-order valence-corrected chi connectivity index (χ2v) is 6.56. The number of nitrogens with zero attached hydrogens (tertiary/aromatic N) is 3. The third-order valence-electron chi connectivity index (χ3n) is 4.72. The first-order valence-corrected chi connectivity index (χ1v) is 8.80. The maximum absolute atomic E-state index is 13.4. The van der Waals surface area contributed by atoms with E-state index in [9.17, 15) is 9.18 Å². The first-order valence-electron chi connectivity index (χ1n) is 8.80. The highest BCUT2D eigenvalue weighted by molar-refractivity contribution is 6.03. The van der Waals surface area contributed by atoms with Gasteiger partial charge in [-0.25, -0.2) is 9.07 Å². The molecule has 0 spiro atoms. The van der Waals surface area contributed by atoms with Gasteiger partial charge in [0.05, 0.1) is 26.0 Å². The summed E-state index contributed by atoms with van der Waals surface area (Å²) < 4.78 is 26.2. The Morgan fingerprint density at radius 1 is 1.29 bits per heavy atom. The van der Waals surface area contributed by atoms with Gasteiger partial charge in [-0.1, -0.05) is 17.3 Å². The summed E-state index contributed by atoms with van der Waals surface area (Å²) in [6.45, 7) is 2.31. The number of carbonyl (C=O) groups excluding carboxylic acids is 1. The number of hydrogen-bond acceptors (Lipinski definition) is 5. The largest absolute Gasteiger partial charge is 0.497 e. The Morgan fingerprint density at radius 3 is 2.79 bits per heavy atom. The minimum atomic E-state index is -0.404. The number of aromatic nitrogens is 3. The Labute approximate surface area is 161 Å². The van der Waals surface area contributed by atoms with E-state index in [-0.39, 0.29) is 24.2 Å². The fourth-order valence-corrected chi connectivity index (χ4v) is 3.12. The van der Waals surface area contributed by atoms with Crippen LogP contribution in [0.5, 0.6) is 5.75 Å². The summed E-state index contributed by atoms with van der Waals surface area (Å²) in [6, 6.07) is 12.0. The minimum absolute atomic E-state index is 0.184. The molecule has 0 aliphatic carbocycles. The zero-order valence-corrected chi connectivity index (χ0v) is 15.5. The zero-order chi connectivity index (χ0) is 19.7. The lowest BCUT2D eigenvalue weighted by atomic mass is 10.1. The highest BCUT2D eigenvalue weighted by Gasteiger charge is 2.27. The molecule has 1 unspecified atom stereocenters. The number of benzene rings is 2. The number of nitrogens with one attached hydrogen (secondary N) is 1. The molecule has 2 aromatic carbocycles. The quantitative estimate of drug-likeness (QED) is 0.749. The van der Waals surface area contributed by atoms with Gasteiger partial charge < -0.3 is 14.8 Å². The van der Waals surface area contributed by atoms with Gasteiger partial charge in [0.15, 0.2) is 5.69 Å². The topological polar surface area (TPSA) is 78.3 Å². The maximum Gasteiger partial charge on any atom is 0.278 e. The van der Waals surface area contributed by atoms with Crippen LogP contribution >= 0.6 is 0 Å². The molecule has 0 saturated carbocycles. The third kappa shape index (κ3) is 3.46. The number of ether oxygens (including phenoxy) is 2. The summed E-state index contributed by atoms with van der Waals surface area (Å²) in [4.78, 5) is 12.6. The van der Waals surface area contributed by atoms with Crippen molar-refractivity contribution in [1.82, 2.24) is 15.0 Å². The number of carbonyl (C=O) groups is 1. The third-order valence-corrected chi connectivity index (χ3v) is 4.72. The first kappa shape index (κ1) is 18.1. The van der Waals surface area contributed by atoms with Gasteiger partial charge in [0, 0.05) is 5.69 Å². The highest BCUT2D eigenvalue weighted by Crippen LogP contribution is 2.28. The standard InChI is InChI=1S/C20H19FN4O3/c1-12-9-14(5-8-16(12)21)22-20(26)19-17-11-28-18(10-25(17)24-23-19)13-3-6-15(27-2)7-4-13/h3-9,18H,10-11H2,1-2H3,(H,22,26). The predicted octanol–water partition coefficient (Wildman–Crippen LogP) is 3.26. The van der Waals surface area contributed by atoms with E-state index >= 15 is 0 Å². The van der Waals surface area contributed by atoms with E-state index in [1.54, 1.807) is 24.8 Å². The molecule has 1 aliphatic rings. The van der Waals surface area contributed by atoms with Crippen molar-refractivity contribution in [3.63, 3.8) is 0 Å². The van der Waals surface area contributed by atoms with Crippen LogP contribution < -0.4 is 10.1 Å². The molecule has 8 heteroatoms. The van der Waals surface area contributed by atoms with Gasteiger partial charge in [0.1, 0.15) is 17.7 Å². The van der Waals surface area contributed by atoms with Crippen LogP contribution in [0.15, 0.2) is 42.5 Å². The van der Waals surface area contributed by atoms with Crippen molar-refractivity contribution >= 4 is 11.6 Å². The van der Waals surface area contributed by atoms with Gasteiger partial charge in [-0.15, -0.1) is 5.10 Å². The van der Waals surface area contributed by atoms with Crippen LogP contribution in [0.1, 0.15) is 33.4 Å². The van der Waals surface area contributed by atoms with Crippen molar-refractivity contribution in [3.05, 3.63) is 70.8 Å². The van der Waals surface area contributed by atoms with E-state index in [1.165, 1.54) is 12.1 Å². The molecule has 0 fully saturated rings. The Hall–Kier alpha value is -3.26. The number of anilines is 1. The van der Waals surface area contributed by atoms with Crippen molar-refractivity contribution in [2.75, 3.05) is 12.4 Å². The summed E-state index contributed by atoms with van der Waals surface area (Å²) in [5.41, 5.74) is 2.76. The summed E-state index contributed by atoms with van der Waals surface area (Å²) >= 11 is 0. The molecule has 3 aromatic rings. The van der Waals surface area contributed by atoms with Crippen LogP contribution in [0.2, 0.25) is 0 Å². The lowest BCUT2D eigenvalue weighted by molar-refractivity contribution is -0.00173. The minimum Gasteiger partial charge on any atom is -0.497 e. The van der Waals surface area contributed by atoms with E-state index in [4.69, 9.17) is 9.47 Å². The fourth-order valence-electron chi connectivity index (χ4n) is 3.12. The molecule has 1 N–H and O–H groups in total. The number of halogens is 1. The van der Waals surface area contributed by atoms with Gasteiger partial charge >= 0.3 is 0 Å². The Bertz CT molecular complexity index is 1020. The van der Waals surface area contributed by atoms with Crippen LogP contribution in [0.4, 0.5) is 10.1 Å². The second-order valence-electron chi connectivity index (χ2n) is 6.56. The van der Waals surface area contributed by atoms with Crippen molar-refractivity contribution < 1.29 is 18.7 Å². The van der Waals surface area contributed by atoms with Crippen molar-refractivity contribution in [3.8, 4) is 5.75 Å². The maximum atomic E-state index is 13.4. The number of fused-ring (bicyclic) bond motifs is 1. The molecule has 144 valence electrons. The molecule has 2 heterocycles. The molecule has 28 heavy (non-hydrogen) atoms. The SMILES string of the molecule is COc1ccc(C2Cn3nnc(C(=O)Nc4ccc(F)c(C)c4)c3CO2)cc1. The molecule has 1 aliphatic heterocycles. The number of rotatable bonds is 4. The van der Waals surface area contributed by atoms with Gasteiger partial charge in [-0.2, -0.15) is 0 Å². The van der Waals surface area contributed by atoms with Crippen LogP contribution in [-0.4, -0.2) is 28.0 Å². The number of amides is 1. The van der Waals surface area contributed by atoms with Crippen LogP contribution in [0.3, 0.4) is 0 Å². The number of aryl methyl sites for hydroxylation is 1. The van der Waals surface area contributed by atoms with Gasteiger partial charge in [0.25, 0.3) is 5.91 Å². The van der Waals surface area contributed by atoms with E-state index in [2.05, 4.69) is 15.6 Å². The van der Waals surface area contributed by atoms with E-state index in [1.807, 2.05) is 24.3 Å². The van der Waals surface area contributed by atoms with Gasteiger partial charge in [-0.3, -0.25) is 4.79 Å². The molecule has 0 radical (unpaired) electrons. The average Bonchev–Trinajstić information content (AvgIpc) is 3.14. The summed E-state index contributed by atoms with van der Waals surface area (Å²) in [6.07, 6.45) is -0.184. The molecule has 7 nitrogen and oxygen atoms in total. The number of hydrogen-bond donors (Lipinski definition) is 1. The normalized spacial score (nSPS) is 15.8. The van der Waals surface area contributed by atoms with Crippen molar-refractivity contribution in [2.45, 2.75) is 26.2 Å². The van der Waals surface area contributed by atoms with E-state index < -0.39 is 5.91 Å². The molecule has 0 saturated heterocycles. The fraction of sp³-hybridized carbons (Fsp3) is 0.250. The Kier molecular flexibility index (Phi) is 4.79. The molecular formula is C20H19FN4O3. The first-order chi connectivity index (χ1) is 13.5. The van der Waals surface area contributed by atoms with Crippen molar-refractivity contribution in [1.29, 1.82) is 0 Å². The molecule has 1 amide bonds. The highest BCUT2D eigenvalue weighted by atomic mass is 19.1. The van der Waals surface area contributed by atoms with Crippen molar-refractivity contribution in [2.24, 2.45) is 0 Å². The molecule has 4 rings (SSSR count). The van der Waals surface area contributed by atoms with Gasteiger partial charge in [0.2, 0.25) is 0 Å².